The Kier molecular flexibility index (Phi) is 8.77. The van der Waals surface area contributed by atoms with Crippen molar-refractivity contribution in [2.45, 2.75) is 82.2 Å². The van der Waals surface area contributed by atoms with Crippen molar-refractivity contribution >= 4 is 54.7 Å². The van der Waals surface area contributed by atoms with Crippen LogP contribution in [0.3, 0.4) is 0 Å². The third-order valence-electron chi connectivity index (χ3n) is 7.11. The molecule has 12 heteroatoms. The van der Waals surface area contributed by atoms with E-state index in [1.807, 2.05) is 19.1 Å². The van der Waals surface area contributed by atoms with Gasteiger partial charge in [-0.25, -0.2) is 27.6 Å². The van der Waals surface area contributed by atoms with E-state index in [0.29, 0.717) is 33.6 Å². The molecule has 0 radical (unpaired) electrons. The van der Waals surface area contributed by atoms with Crippen LogP contribution in [-0.2, 0) is 28.4 Å². The first-order chi connectivity index (χ1) is 20.2. The summed E-state index contributed by atoms with van der Waals surface area (Å²) in [6.45, 7) is 14.1. The second kappa shape index (κ2) is 11.5. The lowest BCUT2D eigenvalue weighted by Gasteiger charge is -2.38. The van der Waals surface area contributed by atoms with Crippen LogP contribution in [0, 0.1) is 6.92 Å². The monoisotopic (exact) mass is 689 g/mol. The number of fused-ring (bicyclic) bond motifs is 3. The van der Waals surface area contributed by atoms with Crippen LogP contribution >= 0.6 is 15.9 Å². The molecule has 0 bridgehead atoms. The highest BCUT2D eigenvalue weighted by atomic mass is 79.9. The van der Waals surface area contributed by atoms with Crippen LogP contribution in [0.2, 0.25) is 0 Å². The van der Waals surface area contributed by atoms with Gasteiger partial charge in [-0.15, -0.1) is 0 Å². The molecule has 0 saturated heterocycles. The molecule has 3 aromatic rings. The molecule has 4 rings (SSSR count). The summed E-state index contributed by atoms with van der Waals surface area (Å²) < 4.78 is 43.7. The number of amides is 1. The molecular formula is C32H40BrN3O7S. The van der Waals surface area contributed by atoms with Crippen LogP contribution in [0.4, 0.5) is 9.59 Å². The number of methoxy groups -OCH3 is 1. The molecular weight excluding hydrogens is 650 g/mol. The molecule has 2 heterocycles. The van der Waals surface area contributed by atoms with E-state index >= 15 is 0 Å². The number of nitrogens with zero attached hydrogens (tertiary/aromatic N) is 3. The van der Waals surface area contributed by atoms with Crippen LogP contribution in [0.5, 0.6) is 0 Å². The van der Waals surface area contributed by atoms with Gasteiger partial charge in [-0.3, -0.25) is 4.90 Å². The molecule has 1 unspecified atom stereocenters. The number of aromatic nitrogens is 2. The topological polar surface area (TPSA) is 117 Å². The van der Waals surface area contributed by atoms with Gasteiger partial charge in [0.2, 0.25) is 0 Å². The smallest absolute Gasteiger partial charge is 0.420 e. The normalized spacial score (nSPS) is 17.3. The lowest BCUT2D eigenvalue weighted by atomic mass is 9.81. The Morgan fingerprint density at radius 3 is 2.30 bits per heavy atom. The van der Waals surface area contributed by atoms with E-state index in [0.717, 1.165) is 5.56 Å². The number of rotatable bonds is 5. The number of hydrogen-bond donors (Lipinski definition) is 0. The Labute approximate surface area is 267 Å². The standard InChI is InChI=1S/C32H40BrN3O7S/c1-11-44(39,40)21-14-12-13-20(16-21)32(33)17-23(35(9)28(37)42-30(3,4)5)26(41-10)25-24(32)22-15-19(2)18-34-27(22)36(25)29(38)43-31(6,7)8/h12-16,18H,11,17H2,1-10H3. The van der Waals surface area contributed by atoms with Gasteiger partial charge >= 0.3 is 12.2 Å². The molecule has 1 aliphatic carbocycles. The molecule has 1 aromatic carbocycles. The Hall–Kier alpha value is -3.38. The Morgan fingerprint density at radius 2 is 1.73 bits per heavy atom. The fourth-order valence-electron chi connectivity index (χ4n) is 5.18. The maximum atomic E-state index is 13.9. The lowest BCUT2D eigenvalue weighted by molar-refractivity contribution is 0.0342. The van der Waals surface area contributed by atoms with Gasteiger partial charge in [0.15, 0.2) is 15.6 Å². The van der Waals surface area contributed by atoms with Crippen LogP contribution < -0.4 is 0 Å². The van der Waals surface area contributed by atoms with E-state index in [-0.39, 0.29) is 22.8 Å². The van der Waals surface area contributed by atoms with Gasteiger partial charge in [-0.2, -0.15) is 0 Å². The number of alkyl halides is 1. The van der Waals surface area contributed by atoms with Gasteiger partial charge in [0.1, 0.15) is 22.5 Å². The molecule has 44 heavy (non-hydrogen) atoms. The summed E-state index contributed by atoms with van der Waals surface area (Å²) in [4.78, 5) is 33.5. The van der Waals surface area contributed by atoms with Crippen molar-refractivity contribution in [2.24, 2.45) is 0 Å². The molecule has 1 atom stereocenters. The number of ether oxygens (including phenoxy) is 3. The van der Waals surface area contributed by atoms with Gasteiger partial charge in [-0.05, 0) is 77.8 Å². The quantitative estimate of drug-likeness (QED) is 0.259. The summed E-state index contributed by atoms with van der Waals surface area (Å²) in [6, 6.07) is 8.60. The number of hydrogen-bond acceptors (Lipinski definition) is 8. The second-order valence-electron chi connectivity index (χ2n) is 12.9. The Morgan fingerprint density at radius 1 is 1.09 bits per heavy atom. The number of pyridine rings is 1. The third-order valence-corrected chi connectivity index (χ3v) is 9.98. The molecule has 0 aliphatic heterocycles. The summed E-state index contributed by atoms with van der Waals surface area (Å²) in [5.74, 6) is 0.181. The maximum absolute atomic E-state index is 13.9. The first kappa shape index (κ1) is 33.5. The van der Waals surface area contributed by atoms with E-state index in [4.69, 9.17) is 14.2 Å². The first-order valence-electron chi connectivity index (χ1n) is 14.3. The van der Waals surface area contributed by atoms with Gasteiger partial charge in [0, 0.05) is 30.6 Å². The van der Waals surface area contributed by atoms with Crippen molar-refractivity contribution in [2.75, 3.05) is 19.9 Å². The van der Waals surface area contributed by atoms with Crippen molar-refractivity contribution < 1.29 is 32.2 Å². The Bertz CT molecular complexity index is 1780. The van der Waals surface area contributed by atoms with Crippen molar-refractivity contribution in [3.05, 3.63) is 64.6 Å². The van der Waals surface area contributed by atoms with Crippen molar-refractivity contribution in [1.82, 2.24) is 14.5 Å². The number of carbonyl (C=O) groups is 2. The molecule has 2 aromatic heterocycles. The SMILES string of the molecule is CCS(=O)(=O)c1cccc(C2(Br)CC(N(C)C(=O)OC(C)(C)C)=C(OC)c3c2c2cc(C)cnc2n3C(=O)OC(C)(C)C)c1. The summed E-state index contributed by atoms with van der Waals surface area (Å²) in [5, 5.41) is 0.639. The minimum Gasteiger partial charge on any atom is -0.493 e. The van der Waals surface area contributed by atoms with Gasteiger partial charge in [-0.1, -0.05) is 35.0 Å². The minimum absolute atomic E-state index is 0.0710. The molecule has 0 spiro atoms. The fourth-order valence-corrected chi connectivity index (χ4v) is 7.02. The average molecular weight is 691 g/mol. The molecule has 10 nitrogen and oxygen atoms in total. The van der Waals surface area contributed by atoms with E-state index in [1.54, 1.807) is 79.9 Å². The van der Waals surface area contributed by atoms with E-state index < -0.39 is 37.6 Å². The van der Waals surface area contributed by atoms with Crippen molar-refractivity contribution in [3.8, 4) is 0 Å². The van der Waals surface area contributed by atoms with Crippen LogP contribution in [0.15, 0.2) is 47.1 Å². The zero-order valence-electron chi connectivity index (χ0n) is 26.9. The third kappa shape index (κ3) is 6.24. The van der Waals surface area contributed by atoms with E-state index in [9.17, 15) is 18.0 Å². The number of allylic oxidation sites excluding steroid dienone is 1. The number of aryl methyl sites for hydroxylation is 1. The summed E-state index contributed by atoms with van der Waals surface area (Å²) >= 11 is 4.01. The molecule has 1 amide bonds. The second-order valence-corrected chi connectivity index (χ2v) is 16.5. The van der Waals surface area contributed by atoms with Crippen LogP contribution in [-0.4, -0.2) is 66.2 Å². The molecule has 238 valence electrons. The predicted octanol–water partition coefficient (Wildman–Crippen LogP) is 7.15. The zero-order chi connectivity index (χ0) is 33.0. The summed E-state index contributed by atoms with van der Waals surface area (Å²) in [6.07, 6.45) is 0.475. The minimum atomic E-state index is -3.55. The van der Waals surface area contributed by atoms with Crippen LogP contribution in [0.25, 0.3) is 16.8 Å². The number of halogens is 1. The van der Waals surface area contributed by atoms with Crippen molar-refractivity contribution in [3.63, 3.8) is 0 Å². The molecule has 0 fully saturated rings. The van der Waals surface area contributed by atoms with E-state index in [2.05, 4.69) is 20.9 Å². The maximum Gasteiger partial charge on any atom is 0.420 e. The number of sulfone groups is 1. The Balaban J connectivity index is 2.16. The number of benzene rings is 1. The number of carbonyl (C=O) groups excluding carboxylic acids is 2. The van der Waals surface area contributed by atoms with Crippen LogP contribution in [0.1, 0.15) is 77.3 Å². The fraction of sp³-hybridized carbons (Fsp3) is 0.469. The highest BCUT2D eigenvalue weighted by molar-refractivity contribution is 9.09. The molecule has 0 N–H and O–H groups in total. The van der Waals surface area contributed by atoms with Gasteiger partial charge in [0.05, 0.1) is 27.8 Å². The highest BCUT2D eigenvalue weighted by Crippen LogP contribution is 2.55. The van der Waals surface area contributed by atoms with Gasteiger partial charge in [0.25, 0.3) is 0 Å². The summed E-state index contributed by atoms with van der Waals surface area (Å²) in [7, 11) is -0.517. The van der Waals surface area contributed by atoms with Crippen molar-refractivity contribution in [1.29, 1.82) is 0 Å². The highest BCUT2D eigenvalue weighted by Gasteiger charge is 2.48. The predicted molar refractivity (Wildman–Crippen MR) is 173 cm³/mol. The van der Waals surface area contributed by atoms with E-state index in [1.165, 1.54) is 16.6 Å². The average Bonchev–Trinajstić information content (AvgIpc) is 3.26. The lowest BCUT2D eigenvalue weighted by Crippen LogP contribution is -2.39. The largest absolute Gasteiger partial charge is 0.493 e. The first-order valence-corrected chi connectivity index (χ1v) is 16.7. The molecule has 0 saturated carbocycles. The summed E-state index contributed by atoms with van der Waals surface area (Å²) in [5.41, 5.74) is 1.51. The van der Waals surface area contributed by atoms with Gasteiger partial charge < -0.3 is 14.2 Å². The zero-order valence-corrected chi connectivity index (χ0v) is 29.3. The molecule has 1 aliphatic rings.